The summed E-state index contributed by atoms with van der Waals surface area (Å²) < 4.78 is 5.77. The molecule has 2 rings (SSSR count). The van der Waals surface area contributed by atoms with E-state index >= 15 is 0 Å². The van der Waals surface area contributed by atoms with Gasteiger partial charge in [0.25, 0.3) is 0 Å². The first-order valence-corrected chi connectivity index (χ1v) is 8.28. The number of rotatable bonds is 6. The third-order valence-electron chi connectivity index (χ3n) is 3.46. The zero-order valence-electron chi connectivity index (χ0n) is 12.9. The van der Waals surface area contributed by atoms with Crippen molar-refractivity contribution in [2.75, 3.05) is 26.2 Å². The molecule has 0 radical (unpaired) electrons. The Morgan fingerprint density at radius 2 is 2.33 bits per heavy atom. The molecule has 2 heterocycles. The molecule has 1 saturated heterocycles. The highest BCUT2D eigenvalue weighted by atomic mass is 127. The molecule has 1 atom stereocenters. The molecule has 1 aliphatic heterocycles. The number of guanidine groups is 1. The molecule has 0 bridgehead atoms. The molecule has 6 heteroatoms. The van der Waals surface area contributed by atoms with E-state index in [-0.39, 0.29) is 29.6 Å². The van der Waals surface area contributed by atoms with Crippen molar-refractivity contribution in [1.82, 2.24) is 10.6 Å². The highest BCUT2D eigenvalue weighted by Crippen LogP contribution is 2.24. The van der Waals surface area contributed by atoms with E-state index in [1.807, 2.05) is 0 Å². The number of aliphatic imine (C=N–C) groups is 1. The lowest BCUT2D eigenvalue weighted by Crippen LogP contribution is -2.40. The van der Waals surface area contributed by atoms with Gasteiger partial charge in [-0.3, -0.25) is 4.99 Å². The lowest BCUT2D eigenvalue weighted by Gasteiger charge is -2.21. The maximum Gasteiger partial charge on any atom is 0.191 e. The van der Waals surface area contributed by atoms with Crippen LogP contribution in [0, 0.1) is 0 Å². The first kappa shape index (κ1) is 18.7. The standard InChI is InChI=1S/C15H25N3OS.HI/c1-3-16-14(17-9-7-13-6-4-11-20-13)18-12-15(2)8-5-10-19-15;/h4,6,11H,3,5,7-10,12H2,1-2H3,(H2,16,17,18);1H. The summed E-state index contributed by atoms with van der Waals surface area (Å²) in [5.41, 5.74) is -0.0733. The summed E-state index contributed by atoms with van der Waals surface area (Å²) in [5, 5.41) is 8.80. The van der Waals surface area contributed by atoms with E-state index in [9.17, 15) is 0 Å². The van der Waals surface area contributed by atoms with Crippen molar-refractivity contribution < 1.29 is 4.74 Å². The molecule has 0 aromatic carbocycles. The third-order valence-corrected chi connectivity index (χ3v) is 4.40. The van der Waals surface area contributed by atoms with Crippen molar-refractivity contribution in [2.24, 2.45) is 4.99 Å². The molecule has 0 spiro atoms. The van der Waals surface area contributed by atoms with Gasteiger partial charge in [-0.05, 0) is 44.6 Å². The fourth-order valence-electron chi connectivity index (χ4n) is 2.31. The topological polar surface area (TPSA) is 45.7 Å². The average Bonchev–Trinajstić information content (AvgIpc) is 3.08. The maximum atomic E-state index is 5.77. The Labute approximate surface area is 148 Å². The lowest BCUT2D eigenvalue weighted by atomic mass is 10.0. The number of ether oxygens (including phenoxy) is 1. The second-order valence-corrected chi connectivity index (χ2v) is 6.39. The summed E-state index contributed by atoms with van der Waals surface area (Å²) in [5.74, 6) is 0.890. The Morgan fingerprint density at radius 3 is 2.95 bits per heavy atom. The van der Waals surface area contributed by atoms with E-state index in [4.69, 9.17) is 4.74 Å². The fourth-order valence-corrected chi connectivity index (χ4v) is 3.02. The van der Waals surface area contributed by atoms with Crippen LogP contribution >= 0.6 is 35.3 Å². The Balaban J connectivity index is 0.00000220. The van der Waals surface area contributed by atoms with E-state index in [1.54, 1.807) is 11.3 Å². The van der Waals surface area contributed by atoms with Crippen LogP contribution < -0.4 is 10.6 Å². The first-order valence-electron chi connectivity index (χ1n) is 7.40. The summed E-state index contributed by atoms with van der Waals surface area (Å²) in [6, 6.07) is 4.27. The van der Waals surface area contributed by atoms with E-state index in [2.05, 4.69) is 47.0 Å². The molecule has 1 aromatic rings. The zero-order chi connectivity index (χ0) is 14.3. The Hall–Kier alpha value is -0.340. The third kappa shape index (κ3) is 6.52. The van der Waals surface area contributed by atoms with Crippen LogP contribution in [0.4, 0.5) is 0 Å². The minimum Gasteiger partial charge on any atom is -0.373 e. The van der Waals surface area contributed by atoms with Gasteiger partial charge >= 0.3 is 0 Å². The molecule has 0 amide bonds. The molecule has 120 valence electrons. The van der Waals surface area contributed by atoms with Gasteiger partial charge in [0.15, 0.2) is 5.96 Å². The molecule has 4 nitrogen and oxygen atoms in total. The normalized spacial score (nSPS) is 21.9. The van der Waals surface area contributed by atoms with Gasteiger partial charge < -0.3 is 15.4 Å². The van der Waals surface area contributed by atoms with Crippen molar-refractivity contribution in [3.05, 3.63) is 22.4 Å². The van der Waals surface area contributed by atoms with Crippen LogP contribution in [-0.2, 0) is 11.2 Å². The molecule has 2 N–H and O–H groups in total. The SMILES string of the molecule is CCNC(=NCC1(C)CCCO1)NCCc1cccs1.I. The summed E-state index contributed by atoms with van der Waals surface area (Å²) in [4.78, 5) is 6.06. The predicted octanol–water partition coefficient (Wildman–Crippen LogP) is 3.03. The van der Waals surface area contributed by atoms with Crippen molar-refractivity contribution in [2.45, 2.75) is 38.7 Å². The smallest absolute Gasteiger partial charge is 0.191 e. The second-order valence-electron chi connectivity index (χ2n) is 5.35. The van der Waals surface area contributed by atoms with Gasteiger partial charge in [-0.25, -0.2) is 0 Å². The number of nitrogens with zero attached hydrogens (tertiary/aromatic N) is 1. The Kier molecular flexibility index (Phi) is 8.58. The minimum atomic E-state index is -0.0733. The second kappa shape index (κ2) is 9.63. The molecule has 0 saturated carbocycles. The quantitative estimate of drug-likeness (QED) is 0.420. The summed E-state index contributed by atoms with van der Waals surface area (Å²) in [6.45, 7) is 7.62. The first-order chi connectivity index (χ1) is 9.72. The average molecular weight is 423 g/mol. The van der Waals surface area contributed by atoms with Crippen LogP contribution in [0.2, 0.25) is 0 Å². The molecular weight excluding hydrogens is 397 g/mol. The molecular formula is C15H26IN3OS. The number of nitrogens with one attached hydrogen (secondary N) is 2. The fraction of sp³-hybridized carbons (Fsp3) is 0.667. The van der Waals surface area contributed by atoms with E-state index < -0.39 is 0 Å². The Bertz CT molecular complexity index is 417. The van der Waals surface area contributed by atoms with Crippen LogP contribution in [0.25, 0.3) is 0 Å². The molecule has 1 unspecified atom stereocenters. The van der Waals surface area contributed by atoms with E-state index in [0.717, 1.165) is 51.5 Å². The molecule has 1 aromatic heterocycles. The number of hydrogen-bond donors (Lipinski definition) is 2. The highest BCUT2D eigenvalue weighted by molar-refractivity contribution is 14.0. The van der Waals surface area contributed by atoms with Crippen LogP contribution in [0.3, 0.4) is 0 Å². The monoisotopic (exact) mass is 423 g/mol. The van der Waals surface area contributed by atoms with Crippen LogP contribution in [0.1, 0.15) is 31.6 Å². The number of thiophene rings is 1. The van der Waals surface area contributed by atoms with Gasteiger partial charge in [-0.15, -0.1) is 35.3 Å². The molecule has 0 aliphatic carbocycles. The largest absolute Gasteiger partial charge is 0.373 e. The van der Waals surface area contributed by atoms with Gasteiger partial charge in [0, 0.05) is 24.6 Å². The van der Waals surface area contributed by atoms with Gasteiger partial charge in [0.2, 0.25) is 0 Å². The summed E-state index contributed by atoms with van der Waals surface area (Å²) >= 11 is 1.80. The summed E-state index contributed by atoms with van der Waals surface area (Å²) in [7, 11) is 0. The van der Waals surface area contributed by atoms with Crippen LogP contribution in [0.5, 0.6) is 0 Å². The van der Waals surface area contributed by atoms with Crippen molar-refractivity contribution in [3.8, 4) is 0 Å². The van der Waals surface area contributed by atoms with E-state index in [0.29, 0.717) is 0 Å². The Morgan fingerprint density at radius 1 is 1.48 bits per heavy atom. The van der Waals surface area contributed by atoms with Crippen LogP contribution in [0.15, 0.2) is 22.5 Å². The van der Waals surface area contributed by atoms with Crippen molar-refractivity contribution in [3.63, 3.8) is 0 Å². The van der Waals surface area contributed by atoms with E-state index in [1.165, 1.54) is 4.88 Å². The van der Waals surface area contributed by atoms with Gasteiger partial charge in [-0.2, -0.15) is 0 Å². The van der Waals surface area contributed by atoms with Gasteiger partial charge in [-0.1, -0.05) is 6.07 Å². The van der Waals surface area contributed by atoms with Crippen molar-refractivity contribution >= 4 is 41.3 Å². The summed E-state index contributed by atoms with van der Waals surface area (Å²) in [6.07, 6.45) is 3.29. The number of halogens is 1. The number of hydrogen-bond acceptors (Lipinski definition) is 3. The lowest BCUT2D eigenvalue weighted by molar-refractivity contribution is 0.0283. The maximum absolute atomic E-state index is 5.77. The highest BCUT2D eigenvalue weighted by Gasteiger charge is 2.29. The van der Waals surface area contributed by atoms with Crippen LogP contribution in [-0.4, -0.2) is 37.8 Å². The van der Waals surface area contributed by atoms with Gasteiger partial charge in [0.1, 0.15) is 0 Å². The van der Waals surface area contributed by atoms with Gasteiger partial charge in [0.05, 0.1) is 12.1 Å². The molecule has 1 aliphatic rings. The van der Waals surface area contributed by atoms with Crippen molar-refractivity contribution in [1.29, 1.82) is 0 Å². The predicted molar refractivity (Wildman–Crippen MR) is 101 cm³/mol. The molecule has 1 fully saturated rings. The minimum absolute atomic E-state index is 0. The molecule has 21 heavy (non-hydrogen) atoms. The zero-order valence-corrected chi connectivity index (χ0v) is 16.0.